The van der Waals surface area contributed by atoms with Crippen LogP contribution in [0.25, 0.3) is 0 Å². The number of hydrogen-bond acceptors (Lipinski definition) is 0. The zero-order chi connectivity index (χ0) is 13.6. The fraction of sp³-hybridized carbons (Fsp3) is 1.00. The summed E-state index contributed by atoms with van der Waals surface area (Å²) in [6.07, 6.45) is 25.2. The van der Waals surface area contributed by atoms with E-state index in [1.807, 2.05) is 0 Å². The van der Waals surface area contributed by atoms with Crippen molar-refractivity contribution in [3.05, 3.63) is 0 Å². The summed E-state index contributed by atoms with van der Waals surface area (Å²) in [4.78, 5) is 0. The average molecular weight is 326 g/mol. The van der Waals surface area contributed by atoms with Crippen LogP contribution in [0, 0.1) is 0 Å². The molecule has 1 fully saturated rings. The Kier molecular flexibility index (Phi) is 12.5. The topological polar surface area (TPSA) is 0 Å². The third kappa shape index (κ3) is 12.0. The Hall–Kier alpha value is 0.558. The van der Waals surface area contributed by atoms with Gasteiger partial charge in [0.15, 0.2) is 0 Å². The SMILES string of the molecule is [As]C1CCCCCCCCCCCCCCCCC1. The van der Waals surface area contributed by atoms with Gasteiger partial charge in [0.05, 0.1) is 0 Å². The summed E-state index contributed by atoms with van der Waals surface area (Å²) in [7, 11) is 0. The van der Waals surface area contributed by atoms with Crippen LogP contribution in [-0.4, -0.2) is 16.9 Å². The first-order valence-electron chi connectivity index (χ1n) is 9.07. The monoisotopic (exact) mass is 326 g/mol. The first kappa shape index (κ1) is 17.6. The van der Waals surface area contributed by atoms with Gasteiger partial charge in [-0.1, -0.05) is 0 Å². The van der Waals surface area contributed by atoms with Crippen LogP contribution in [0.5, 0.6) is 0 Å². The molecule has 0 bridgehead atoms. The summed E-state index contributed by atoms with van der Waals surface area (Å²) in [6, 6.07) is 0. The van der Waals surface area contributed by atoms with Crippen molar-refractivity contribution >= 4 is 16.9 Å². The molecule has 0 amide bonds. The summed E-state index contributed by atoms with van der Waals surface area (Å²) < 4.78 is 0.923. The van der Waals surface area contributed by atoms with E-state index in [4.69, 9.17) is 0 Å². The van der Waals surface area contributed by atoms with Gasteiger partial charge in [0.1, 0.15) is 0 Å². The molecule has 0 aromatic carbocycles. The van der Waals surface area contributed by atoms with E-state index in [0.29, 0.717) is 0 Å². The van der Waals surface area contributed by atoms with Crippen LogP contribution in [0.15, 0.2) is 0 Å². The molecule has 1 saturated carbocycles. The summed E-state index contributed by atoms with van der Waals surface area (Å²) in [5.74, 6) is 0. The third-order valence-electron chi connectivity index (χ3n) is 4.57. The molecule has 0 nitrogen and oxygen atoms in total. The van der Waals surface area contributed by atoms with Gasteiger partial charge in [0.2, 0.25) is 0 Å². The van der Waals surface area contributed by atoms with Gasteiger partial charge in [-0.15, -0.1) is 0 Å². The van der Waals surface area contributed by atoms with Gasteiger partial charge in [-0.05, 0) is 0 Å². The van der Waals surface area contributed by atoms with Crippen LogP contribution in [0.4, 0.5) is 0 Å². The molecule has 1 aliphatic rings. The predicted molar refractivity (Wildman–Crippen MR) is 88.0 cm³/mol. The molecular formula is C18H35As. The molecule has 0 aromatic heterocycles. The zero-order valence-corrected chi connectivity index (χ0v) is 14.9. The number of rotatable bonds is 0. The maximum absolute atomic E-state index is 2.94. The van der Waals surface area contributed by atoms with Crippen molar-refractivity contribution in [2.24, 2.45) is 0 Å². The first-order valence-corrected chi connectivity index (χ1v) is 10.2. The first-order chi connectivity index (χ1) is 9.39. The van der Waals surface area contributed by atoms with E-state index in [2.05, 4.69) is 16.9 Å². The van der Waals surface area contributed by atoms with Crippen molar-refractivity contribution in [1.82, 2.24) is 0 Å². The van der Waals surface area contributed by atoms with Gasteiger partial charge < -0.3 is 0 Å². The van der Waals surface area contributed by atoms with Crippen molar-refractivity contribution in [2.75, 3.05) is 0 Å². The van der Waals surface area contributed by atoms with Crippen LogP contribution in [0.2, 0.25) is 4.71 Å². The van der Waals surface area contributed by atoms with Crippen LogP contribution >= 0.6 is 0 Å². The summed E-state index contributed by atoms with van der Waals surface area (Å²) in [5.41, 5.74) is 0. The fourth-order valence-electron chi connectivity index (χ4n) is 3.20. The molecule has 0 aliphatic heterocycles. The normalized spacial score (nSPS) is 24.5. The van der Waals surface area contributed by atoms with Crippen LogP contribution in [-0.2, 0) is 0 Å². The quantitative estimate of drug-likeness (QED) is 0.441. The van der Waals surface area contributed by atoms with Gasteiger partial charge >= 0.3 is 131 Å². The average Bonchev–Trinajstić information content (AvgIpc) is 2.41. The second kappa shape index (κ2) is 13.5. The van der Waals surface area contributed by atoms with Crippen LogP contribution in [0.3, 0.4) is 0 Å². The Morgan fingerprint density at radius 3 is 0.842 bits per heavy atom. The van der Waals surface area contributed by atoms with Crippen molar-refractivity contribution in [1.29, 1.82) is 0 Å². The Morgan fingerprint density at radius 1 is 0.368 bits per heavy atom. The molecule has 1 aliphatic carbocycles. The van der Waals surface area contributed by atoms with Gasteiger partial charge in [-0.3, -0.25) is 0 Å². The molecule has 1 heteroatoms. The second-order valence-corrected chi connectivity index (χ2v) is 8.07. The van der Waals surface area contributed by atoms with E-state index in [9.17, 15) is 0 Å². The Labute approximate surface area is 131 Å². The zero-order valence-electron chi connectivity index (χ0n) is 13.0. The molecule has 0 spiro atoms. The van der Waals surface area contributed by atoms with E-state index in [0.717, 1.165) is 4.71 Å². The van der Waals surface area contributed by atoms with E-state index >= 15 is 0 Å². The van der Waals surface area contributed by atoms with Crippen molar-refractivity contribution in [3.8, 4) is 0 Å². The standard InChI is InChI=1S/C18H35As/c19-18-16-14-12-10-8-6-4-2-1-3-5-7-9-11-13-15-17-18/h18H,1-17H2. The van der Waals surface area contributed by atoms with E-state index in [1.165, 1.54) is 109 Å². The van der Waals surface area contributed by atoms with Gasteiger partial charge in [0.25, 0.3) is 0 Å². The van der Waals surface area contributed by atoms with Crippen molar-refractivity contribution in [2.45, 2.75) is 114 Å². The van der Waals surface area contributed by atoms with Crippen LogP contribution < -0.4 is 0 Å². The van der Waals surface area contributed by atoms with E-state index < -0.39 is 0 Å². The van der Waals surface area contributed by atoms with E-state index in [1.54, 1.807) is 0 Å². The molecule has 2 radical (unpaired) electrons. The second-order valence-electron chi connectivity index (χ2n) is 6.53. The van der Waals surface area contributed by atoms with Gasteiger partial charge in [-0.2, -0.15) is 0 Å². The minimum atomic E-state index is 0.923. The summed E-state index contributed by atoms with van der Waals surface area (Å²) >= 11 is 2.94. The predicted octanol–water partition coefficient (Wildman–Crippen LogP) is 6.59. The van der Waals surface area contributed by atoms with Crippen molar-refractivity contribution < 1.29 is 0 Å². The molecule has 112 valence electrons. The minimum absolute atomic E-state index is 0.923. The molecule has 0 saturated heterocycles. The molecule has 0 aromatic rings. The van der Waals surface area contributed by atoms with Crippen molar-refractivity contribution in [3.63, 3.8) is 0 Å². The Morgan fingerprint density at radius 2 is 0.579 bits per heavy atom. The number of hydrogen-bond donors (Lipinski definition) is 0. The Balaban J connectivity index is 2.08. The fourth-order valence-corrected chi connectivity index (χ4v) is 3.97. The molecule has 0 N–H and O–H groups in total. The van der Waals surface area contributed by atoms with Gasteiger partial charge in [0, 0.05) is 0 Å². The van der Waals surface area contributed by atoms with Crippen LogP contribution in [0.1, 0.15) is 109 Å². The summed E-state index contributed by atoms with van der Waals surface area (Å²) in [5, 5.41) is 0. The maximum atomic E-state index is 2.94. The molecule has 0 atom stereocenters. The summed E-state index contributed by atoms with van der Waals surface area (Å²) in [6.45, 7) is 0. The Bertz CT molecular complexity index is 161. The molecule has 0 heterocycles. The molecule has 1 rings (SSSR count). The van der Waals surface area contributed by atoms with Gasteiger partial charge in [-0.25, -0.2) is 0 Å². The third-order valence-corrected chi connectivity index (χ3v) is 5.66. The molecule has 19 heavy (non-hydrogen) atoms. The molecule has 0 unspecified atom stereocenters. The molecular weight excluding hydrogens is 291 g/mol. The van der Waals surface area contributed by atoms with E-state index in [-0.39, 0.29) is 0 Å².